The third-order valence-electron chi connectivity index (χ3n) is 4.80. The van der Waals surface area contributed by atoms with Crippen LogP contribution in [-0.4, -0.2) is 59.4 Å². The number of anilines is 2. The first kappa shape index (κ1) is 19.9. The number of benzene rings is 1. The van der Waals surface area contributed by atoms with Crippen molar-refractivity contribution in [3.05, 3.63) is 42.1 Å². The molecule has 3 rings (SSSR count). The van der Waals surface area contributed by atoms with Gasteiger partial charge in [0.15, 0.2) is 0 Å². The lowest BCUT2D eigenvalue weighted by Gasteiger charge is -2.20. The molecule has 1 saturated heterocycles. The minimum atomic E-state index is -1.08. The number of amides is 1. The van der Waals surface area contributed by atoms with E-state index in [2.05, 4.69) is 20.2 Å². The molecule has 1 aromatic heterocycles. The normalized spacial score (nSPS) is 14.0. The number of likely N-dealkylation sites (tertiary alicyclic amines) is 1. The van der Waals surface area contributed by atoms with Crippen LogP contribution in [0.2, 0.25) is 0 Å². The molecule has 2 N–H and O–H groups in total. The maximum atomic E-state index is 11.8. The molecule has 150 valence electrons. The van der Waals surface area contributed by atoms with E-state index in [9.17, 15) is 9.90 Å². The highest BCUT2D eigenvalue weighted by atomic mass is 16.5. The Morgan fingerprint density at radius 2 is 2.07 bits per heavy atom. The van der Waals surface area contributed by atoms with Gasteiger partial charge in [0.25, 0.3) is 0 Å². The van der Waals surface area contributed by atoms with Crippen LogP contribution in [0.4, 0.5) is 16.6 Å². The number of rotatable bonds is 9. The topological polar surface area (TPSA) is 90.8 Å². The van der Waals surface area contributed by atoms with Crippen molar-refractivity contribution in [2.45, 2.75) is 25.8 Å². The van der Waals surface area contributed by atoms with Gasteiger partial charge in [0, 0.05) is 18.3 Å². The maximum Gasteiger partial charge on any atom is 0.413 e. The average molecular weight is 385 g/mol. The fourth-order valence-electron chi connectivity index (χ4n) is 3.34. The zero-order valence-electron chi connectivity index (χ0n) is 16.2. The van der Waals surface area contributed by atoms with E-state index in [0.29, 0.717) is 17.5 Å². The molecule has 0 unspecified atom stereocenters. The Balaban J connectivity index is 1.62. The number of nitrogens with one attached hydrogen (secondary N) is 1. The molecule has 0 spiro atoms. The molecule has 0 radical (unpaired) electrons. The first-order valence-corrected chi connectivity index (χ1v) is 9.59. The van der Waals surface area contributed by atoms with Gasteiger partial charge in [-0.15, -0.1) is 0 Å². The lowest BCUT2D eigenvalue weighted by atomic mass is 10.2. The highest BCUT2D eigenvalue weighted by Gasteiger charge is 2.19. The maximum absolute atomic E-state index is 11.8. The molecular formula is C20H27N5O3. The summed E-state index contributed by atoms with van der Waals surface area (Å²) in [6, 6.07) is 8.95. The highest BCUT2D eigenvalue weighted by Crippen LogP contribution is 2.22. The van der Waals surface area contributed by atoms with E-state index < -0.39 is 6.09 Å². The average Bonchev–Trinajstić information content (AvgIpc) is 3.23. The van der Waals surface area contributed by atoms with Gasteiger partial charge in [0.1, 0.15) is 11.6 Å². The Hall–Kier alpha value is -2.87. The second-order valence-electron chi connectivity index (χ2n) is 6.75. The number of carbonyl (C=O) groups is 1. The van der Waals surface area contributed by atoms with E-state index in [1.54, 1.807) is 19.4 Å². The number of hydrogen-bond donors (Lipinski definition) is 2. The summed E-state index contributed by atoms with van der Waals surface area (Å²) in [5.41, 5.74) is 0.770. The summed E-state index contributed by atoms with van der Waals surface area (Å²) < 4.78 is 5.32. The SMILES string of the molecule is COc1ccccc1CN(C(=O)O)c1ccnc(NCCCN2CCCC2)n1. The van der Waals surface area contributed by atoms with E-state index in [1.165, 1.54) is 30.8 Å². The Bertz CT molecular complexity index is 780. The molecule has 0 saturated carbocycles. The Labute approximate surface area is 165 Å². The summed E-state index contributed by atoms with van der Waals surface area (Å²) in [4.78, 5) is 24.1. The van der Waals surface area contributed by atoms with Crippen molar-refractivity contribution in [3.8, 4) is 5.75 Å². The van der Waals surface area contributed by atoms with Crippen molar-refractivity contribution in [1.29, 1.82) is 0 Å². The molecule has 1 fully saturated rings. The number of para-hydroxylation sites is 1. The number of hydrogen-bond acceptors (Lipinski definition) is 6. The monoisotopic (exact) mass is 385 g/mol. The van der Waals surface area contributed by atoms with E-state index >= 15 is 0 Å². The number of nitrogens with zero attached hydrogens (tertiary/aromatic N) is 4. The van der Waals surface area contributed by atoms with Gasteiger partial charge in [0.2, 0.25) is 5.95 Å². The van der Waals surface area contributed by atoms with Gasteiger partial charge in [-0.25, -0.2) is 9.78 Å². The summed E-state index contributed by atoms with van der Waals surface area (Å²) in [5.74, 6) is 1.41. The highest BCUT2D eigenvalue weighted by molar-refractivity contribution is 5.84. The van der Waals surface area contributed by atoms with Gasteiger partial charge in [0.05, 0.1) is 13.7 Å². The van der Waals surface area contributed by atoms with E-state index in [4.69, 9.17) is 4.74 Å². The second kappa shape index (κ2) is 9.89. The van der Waals surface area contributed by atoms with Crippen molar-refractivity contribution in [1.82, 2.24) is 14.9 Å². The zero-order chi connectivity index (χ0) is 19.8. The Morgan fingerprint density at radius 3 is 2.82 bits per heavy atom. The summed E-state index contributed by atoms with van der Waals surface area (Å²) in [5, 5.41) is 12.9. The van der Waals surface area contributed by atoms with Gasteiger partial charge < -0.3 is 20.1 Å². The van der Waals surface area contributed by atoms with Crippen LogP contribution >= 0.6 is 0 Å². The van der Waals surface area contributed by atoms with E-state index in [0.717, 1.165) is 25.1 Å². The van der Waals surface area contributed by atoms with Crippen LogP contribution in [-0.2, 0) is 6.54 Å². The molecule has 1 amide bonds. The van der Waals surface area contributed by atoms with Crippen molar-refractivity contribution in [2.24, 2.45) is 0 Å². The standard InChI is InChI=1S/C20H27N5O3/c1-28-17-8-3-2-7-16(17)15-25(20(26)27)18-9-11-22-19(23-18)21-10-6-14-24-12-4-5-13-24/h2-3,7-9,11H,4-6,10,12-15H2,1H3,(H,26,27)(H,21,22,23). The Morgan fingerprint density at radius 1 is 1.29 bits per heavy atom. The summed E-state index contributed by atoms with van der Waals surface area (Å²) in [7, 11) is 1.57. The quantitative estimate of drug-likeness (QED) is 0.641. The van der Waals surface area contributed by atoms with E-state index in [1.807, 2.05) is 24.3 Å². The molecule has 1 aliphatic rings. The molecule has 28 heavy (non-hydrogen) atoms. The molecule has 0 atom stereocenters. The van der Waals surface area contributed by atoms with Crippen molar-refractivity contribution in [2.75, 3.05) is 43.5 Å². The second-order valence-corrected chi connectivity index (χ2v) is 6.75. The summed E-state index contributed by atoms with van der Waals surface area (Å²) >= 11 is 0. The third-order valence-corrected chi connectivity index (χ3v) is 4.80. The predicted molar refractivity (Wildman–Crippen MR) is 108 cm³/mol. The first-order valence-electron chi connectivity index (χ1n) is 9.59. The lowest BCUT2D eigenvalue weighted by Crippen LogP contribution is -2.30. The minimum Gasteiger partial charge on any atom is -0.496 e. The summed E-state index contributed by atoms with van der Waals surface area (Å²) in [6.45, 7) is 4.32. The zero-order valence-corrected chi connectivity index (χ0v) is 16.2. The number of methoxy groups -OCH3 is 1. The molecule has 0 bridgehead atoms. The van der Waals surface area contributed by atoms with Crippen LogP contribution in [0.5, 0.6) is 5.75 Å². The van der Waals surface area contributed by atoms with Gasteiger partial charge >= 0.3 is 6.09 Å². The fourth-order valence-corrected chi connectivity index (χ4v) is 3.34. The molecule has 0 aliphatic carbocycles. The lowest BCUT2D eigenvalue weighted by molar-refractivity contribution is 0.201. The molecule has 8 nitrogen and oxygen atoms in total. The number of ether oxygens (including phenoxy) is 1. The molecule has 8 heteroatoms. The smallest absolute Gasteiger partial charge is 0.413 e. The van der Waals surface area contributed by atoms with Crippen LogP contribution in [0.3, 0.4) is 0 Å². The fraction of sp³-hybridized carbons (Fsp3) is 0.450. The minimum absolute atomic E-state index is 0.144. The van der Waals surface area contributed by atoms with Crippen LogP contribution < -0.4 is 15.0 Å². The van der Waals surface area contributed by atoms with E-state index in [-0.39, 0.29) is 6.54 Å². The predicted octanol–water partition coefficient (Wildman–Crippen LogP) is 3.07. The van der Waals surface area contributed by atoms with Crippen LogP contribution in [0.15, 0.2) is 36.5 Å². The van der Waals surface area contributed by atoms with Crippen LogP contribution in [0.25, 0.3) is 0 Å². The van der Waals surface area contributed by atoms with Gasteiger partial charge in [-0.05, 0) is 51.0 Å². The molecule has 1 aliphatic heterocycles. The molecule has 2 aromatic rings. The van der Waals surface area contributed by atoms with Gasteiger partial charge in [-0.2, -0.15) is 4.98 Å². The van der Waals surface area contributed by atoms with Crippen molar-refractivity contribution < 1.29 is 14.6 Å². The third kappa shape index (κ3) is 5.32. The van der Waals surface area contributed by atoms with Gasteiger partial charge in [-0.3, -0.25) is 4.90 Å². The van der Waals surface area contributed by atoms with Crippen LogP contribution in [0.1, 0.15) is 24.8 Å². The van der Waals surface area contributed by atoms with Crippen molar-refractivity contribution >= 4 is 17.9 Å². The number of aromatic nitrogens is 2. The Kier molecular flexibility index (Phi) is 7.02. The molecule has 2 heterocycles. The van der Waals surface area contributed by atoms with Crippen molar-refractivity contribution in [3.63, 3.8) is 0 Å². The number of carboxylic acid groups (broad SMARTS) is 1. The molecule has 1 aromatic carbocycles. The first-order chi connectivity index (χ1) is 13.7. The largest absolute Gasteiger partial charge is 0.496 e. The van der Waals surface area contributed by atoms with Crippen LogP contribution in [0, 0.1) is 0 Å². The van der Waals surface area contributed by atoms with Gasteiger partial charge in [-0.1, -0.05) is 18.2 Å². The summed E-state index contributed by atoms with van der Waals surface area (Å²) in [6.07, 6.45) is 4.07. The molecular weight excluding hydrogens is 358 g/mol.